The van der Waals surface area contributed by atoms with Crippen LogP contribution in [0.2, 0.25) is 0 Å². The van der Waals surface area contributed by atoms with E-state index in [4.69, 9.17) is 0 Å². The molecule has 0 saturated carbocycles. The highest BCUT2D eigenvalue weighted by molar-refractivity contribution is 5.42. The molecule has 1 saturated heterocycles. The number of rotatable bonds is 4. The molecule has 0 radical (unpaired) electrons. The normalized spacial score (nSPS) is 18.8. The fourth-order valence-corrected chi connectivity index (χ4v) is 3.28. The third-order valence-corrected chi connectivity index (χ3v) is 4.82. The van der Waals surface area contributed by atoms with Crippen LogP contribution in [-0.2, 0) is 0 Å². The Bertz CT molecular complexity index is 442. The van der Waals surface area contributed by atoms with Gasteiger partial charge in [0.05, 0.1) is 0 Å². The van der Waals surface area contributed by atoms with Crippen LogP contribution in [0.4, 0.5) is 5.82 Å². The predicted octanol–water partition coefficient (Wildman–Crippen LogP) is 4.01. The number of aromatic nitrogens is 1. The van der Waals surface area contributed by atoms with E-state index in [1.807, 2.05) is 6.20 Å². The number of hydrogen-bond acceptors (Lipinski definition) is 3. The first-order valence-electron chi connectivity index (χ1n) is 8.36. The maximum absolute atomic E-state index is 4.59. The van der Waals surface area contributed by atoms with Gasteiger partial charge in [-0.1, -0.05) is 27.7 Å². The monoisotopic (exact) mass is 289 g/mol. The smallest absolute Gasteiger partial charge is 0.128 e. The molecule has 0 aromatic carbocycles. The summed E-state index contributed by atoms with van der Waals surface area (Å²) in [6.45, 7) is 14.7. The Morgan fingerprint density at radius 1 is 1.33 bits per heavy atom. The van der Waals surface area contributed by atoms with E-state index < -0.39 is 0 Å². The van der Waals surface area contributed by atoms with Crippen molar-refractivity contribution in [2.24, 2.45) is 11.3 Å². The standard InChI is InChI=1S/C18H31N3/c1-6-19-14(2)15-7-10-20-17(13-15)21-11-8-16(9-12-21)18(3,4)5/h7,10,13-14,16,19H,6,8-9,11-12H2,1-5H3. The molecule has 1 N–H and O–H groups in total. The molecule has 21 heavy (non-hydrogen) atoms. The predicted molar refractivity (Wildman–Crippen MR) is 90.7 cm³/mol. The fourth-order valence-electron chi connectivity index (χ4n) is 3.28. The number of pyridine rings is 1. The molecule has 1 unspecified atom stereocenters. The van der Waals surface area contributed by atoms with Gasteiger partial charge in [-0.3, -0.25) is 0 Å². The summed E-state index contributed by atoms with van der Waals surface area (Å²) in [5, 5.41) is 3.47. The van der Waals surface area contributed by atoms with Gasteiger partial charge in [0.2, 0.25) is 0 Å². The van der Waals surface area contributed by atoms with E-state index in [1.165, 1.54) is 18.4 Å². The van der Waals surface area contributed by atoms with Gasteiger partial charge in [-0.05, 0) is 55.3 Å². The second kappa shape index (κ2) is 6.78. The van der Waals surface area contributed by atoms with Crippen LogP contribution in [0.15, 0.2) is 18.3 Å². The van der Waals surface area contributed by atoms with Crippen molar-refractivity contribution in [3.05, 3.63) is 23.9 Å². The Labute approximate surface area is 130 Å². The van der Waals surface area contributed by atoms with E-state index >= 15 is 0 Å². The van der Waals surface area contributed by atoms with Crippen LogP contribution in [0.25, 0.3) is 0 Å². The van der Waals surface area contributed by atoms with Gasteiger partial charge in [-0.2, -0.15) is 0 Å². The SMILES string of the molecule is CCNC(C)c1ccnc(N2CCC(C(C)(C)C)CC2)c1. The number of anilines is 1. The van der Waals surface area contributed by atoms with Gasteiger partial charge in [0.1, 0.15) is 5.82 Å². The van der Waals surface area contributed by atoms with Crippen molar-refractivity contribution in [1.82, 2.24) is 10.3 Å². The van der Waals surface area contributed by atoms with Crippen LogP contribution in [-0.4, -0.2) is 24.6 Å². The summed E-state index contributed by atoms with van der Waals surface area (Å²) in [6, 6.07) is 4.77. The third-order valence-electron chi connectivity index (χ3n) is 4.82. The first-order chi connectivity index (χ1) is 9.91. The van der Waals surface area contributed by atoms with Crippen LogP contribution >= 0.6 is 0 Å². The van der Waals surface area contributed by atoms with Crippen LogP contribution in [0.3, 0.4) is 0 Å². The van der Waals surface area contributed by atoms with E-state index in [0.717, 1.165) is 31.4 Å². The fraction of sp³-hybridized carbons (Fsp3) is 0.722. The number of piperidine rings is 1. The van der Waals surface area contributed by atoms with Crippen LogP contribution in [0.5, 0.6) is 0 Å². The van der Waals surface area contributed by atoms with Crippen molar-refractivity contribution in [1.29, 1.82) is 0 Å². The van der Waals surface area contributed by atoms with Gasteiger partial charge >= 0.3 is 0 Å². The van der Waals surface area contributed by atoms with Crippen molar-refractivity contribution in [2.75, 3.05) is 24.5 Å². The van der Waals surface area contributed by atoms with Crippen LogP contribution in [0.1, 0.15) is 59.1 Å². The van der Waals surface area contributed by atoms with Crippen LogP contribution in [0, 0.1) is 11.3 Å². The maximum Gasteiger partial charge on any atom is 0.128 e. The minimum absolute atomic E-state index is 0.392. The topological polar surface area (TPSA) is 28.2 Å². The molecule has 1 aromatic rings. The van der Waals surface area contributed by atoms with E-state index in [0.29, 0.717) is 11.5 Å². The van der Waals surface area contributed by atoms with Gasteiger partial charge in [0, 0.05) is 25.3 Å². The summed E-state index contributed by atoms with van der Waals surface area (Å²) in [5.41, 5.74) is 1.76. The lowest BCUT2D eigenvalue weighted by Gasteiger charge is -2.39. The van der Waals surface area contributed by atoms with Gasteiger partial charge in [0.25, 0.3) is 0 Å². The molecule has 2 rings (SSSR count). The molecule has 3 heteroatoms. The lowest BCUT2D eigenvalue weighted by Crippen LogP contribution is -2.38. The summed E-state index contributed by atoms with van der Waals surface area (Å²) in [5.74, 6) is 1.97. The molecule has 2 heterocycles. The van der Waals surface area contributed by atoms with Crippen molar-refractivity contribution in [2.45, 2.75) is 53.5 Å². The molecule has 1 atom stereocenters. The number of nitrogens with one attached hydrogen (secondary N) is 1. The second-order valence-electron chi connectivity index (χ2n) is 7.35. The molecule has 1 aliphatic heterocycles. The molecule has 1 aromatic heterocycles. The van der Waals surface area contributed by atoms with Gasteiger partial charge in [0.15, 0.2) is 0 Å². The lowest BCUT2D eigenvalue weighted by atomic mass is 9.75. The molecular weight excluding hydrogens is 258 g/mol. The summed E-state index contributed by atoms with van der Waals surface area (Å²) in [7, 11) is 0. The highest BCUT2D eigenvalue weighted by Crippen LogP contribution is 2.35. The van der Waals surface area contributed by atoms with Crippen LogP contribution < -0.4 is 10.2 Å². The molecule has 0 amide bonds. The maximum atomic E-state index is 4.59. The Balaban J connectivity index is 2.02. The van der Waals surface area contributed by atoms with Crippen molar-refractivity contribution >= 4 is 5.82 Å². The summed E-state index contributed by atoms with van der Waals surface area (Å²) >= 11 is 0. The quantitative estimate of drug-likeness (QED) is 0.907. The molecule has 1 fully saturated rings. The minimum atomic E-state index is 0.392. The molecule has 0 bridgehead atoms. The average Bonchev–Trinajstić information content (AvgIpc) is 2.47. The summed E-state index contributed by atoms with van der Waals surface area (Å²) in [6.07, 6.45) is 4.50. The van der Waals surface area contributed by atoms with E-state index in [-0.39, 0.29) is 0 Å². The first-order valence-corrected chi connectivity index (χ1v) is 8.36. The summed E-state index contributed by atoms with van der Waals surface area (Å²) < 4.78 is 0. The minimum Gasteiger partial charge on any atom is -0.357 e. The highest BCUT2D eigenvalue weighted by Gasteiger charge is 2.29. The molecule has 0 spiro atoms. The third kappa shape index (κ3) is 4.19. The largest absolute Gasteiger partial charge is 0.357 e. The Morgan fingerprint density at radius 2 is 2.00 bits per heavy atom. The summed E-state index contributed by atoms with van der Waals surface area (Å²) in [4.78, 5) is 7.04. The van der Waals surface area contributed by atoms with E-state index in [2.05, 4.69) is 62.0 Å². The van der Waals surface area contributed by atoms with Gasteiger partial charge in [-0.15, -0.1) is 0 Å². The number of hydrogen-bond donors (Lipinski definition) is 1. The molecular formula is C18H31N3. The van der Waals surface area contributed by atoms with Gasteiger partial charge in [-0.25, -0.2) is 4.98 Å². The van der Waals surface area contributed by atoms with E-state index in [9.17, 15) is 0 Å². The Kier molecular flexibility index (Phi) is 5.26. The van der Waals surface area contributed by atoms with Crippen molar-refractivity contribution in [3.8, 4) is 0 Å². The highest BCUT2D eigenvalue weighted by atomic mass is 15.2. The van der Waals surface area contributed by atoms with E-state index in [1.54, 1.807) is 0 Å². The zero-order valence-corrected chi connectivity index (χ0v) is 14.3. The average molecular weight is 289 g/mol. The Hall–Kier alpha value is -1.09. The lowest BCUT2D eigenvalue weighted by molar-refractivity contribution is 0.198. The molecule has 1 aliphatic rings. The second-order valence-corrected chi connectivity index (χ2v) is 7.35. The molecule has 3 nitrogen and oxygen atoms in total. The van der Waals surface area contributed by atoms with Gasteiger partial charge < -0.3 is 10.2 Å². The zero-order valence-electron chi connectivity index (χ0n) is 14.3. The van der Waals surface area contributed by atoms with Crippen molar-refractivity contribution in [3.63, 3.8) is 0 Å². The van der Waals surface area contributed by atoms with Crippen molar-refractivity contribution < 1.29 is 0 Å². The zero-order chi connectivity index (χ0) is 15.5. The first kappa shape index (κ1) is 16.3. The number of nitrogens with zero attached hydrogens (tertiary/aromatic N) is 2. The molecule has 0 aliphatic carbocycles. The Morgan fingerprint density at radius 3 is 2.57 bits per heavy atom. The molecule has 118 valence electrons.